The SMILES string of the molecule is CCc1c(C)nc2n(c1=O)CC(C(=O)NC(CC)CO)CS2. The van der Waals surface area contributed by atoms with Crippen molar-refractivity contribution in [2.24, 2.45) is 5.92 Å². The molecule has 2 unspecified atom stereocenters. The Morgan fingerprint density at radius 2 is 2.27 bits per heavy atom. The van der Waals surface area contributed by atoms with Crippen LogP contribution in [0.4, 0.5) is 0 Å². The van der Waals surface area contributed by atoms with Crippen molar-refractivity contribution in [3.63, 3.8) is 0 Å². The van der Waals surface area contributed by atoms with Crippen molar-refractivity contribution in [3.05, 3.63) is 21.6 Å². The van der Waals surface area contributed by atoms with E-state index in [1.807, 2.05) is 20.8 Å². The van der Waals surface area contributed by atoms with Crippen LogP contribution in [0.25, 0.3) is 0 Å². The minimum Gasteiger partial charge on any atom is -0.394 e. The van der Waals surface area contributed by atoms with Gasteiger partial charge in [0.25, 0.3) is 5.56 Å². The summed E-state index contributed by atoms with van der Waals surface area (Å²) in [5.74, 6) is 0.222. The van der Waals surface area contributed by atoms with Gasteiger partial charge in [-0.25, -0.2) is 4.98 Å². The third-order valence-corrected chi connectivity index (χ3v) is 5.17. The Bertz CT molecular complexity index is 611. The second kappa shape index (κ2) is 7.28. The number of hydrogen-bond acceptors (Lipinski definition) is 5. The van der Waals surface area contributed by atoms with Crippen LogP contribution < -0.4 is 10.9 Å². The number of thioether (sulfide) groups is 1. The van der Waals surface area contributed by atoms with E-state index in [-0.39, 0.29) is 30.0 Å². The van der Waals surface area contributed by atoms with Crippen LogP contribution >= 0.6 is 11.8 Å². The zero-order valence-corrected chi connectivity index (χ0v) is 14.1. The molecule has 6 nitrogen and oxygen atoms in total. The molecule has 0 saturated heterocycles. The lowest BCUT2D eigenvalue weighted by atomic mass is 10.1. The summed E-state index contributed by atoms with van der Waals surface area (Å²) >= 11 is 1.44. The average molecular weight is 325 g/mol. The molecule has 1 aromatic rings. The van der Waals surface area contributed by atoms with Gasteiger partial charge in [-0.2, -0.15) is 0 Å². The zero-order chi connectivity index (χ0) is 16.3. The van der Waals surface area contributed by atoms with Gasteiger partial charge in [-0.3, -0.25) is 14.2 Å². The lowest BCUT2D eigenvalue weighted by molar-refractivity contribution is -0.125. The summed E-state index contributed by atoms with van der Waals surface area (Å²) in [5.41, 5.74) is 1.46. The number of carbonyl (C=O) groups is 1. The van der Waals surface area contributed by atoms with E-state index < -0.39 is 0 Å². The first-order valence-electron chi connectivity index (χ1n) is 7.66. The standard InChI is InChI=1S/C15H23N3O3S/c1-4-11(7-19)17-13(20)10-6-18-14(21)12(5-2)9(3)16-15(18)22-8-10/h10-11,19H,4-8H2,1-3H3,(H,17,20). The molecule has 0 bridgehead atoms. The van der Waals surface area contributed by atoms with Crippen LogP contribution in [0, 0.1) is 12.8 Å². The smallest absolute Gasteiger partial charge is 0.257 e. The van der Waals surface area contributed by atoms with Crippen molar-refractivity contribution in [2.45, 2.75) is 51.4 Å². The molecule has 1 amide bonds. The number of aromatic nitrogens is 2. The third kappa shape index (κ3) is 3.35. The number of carbonyl (C=O) groups excluding carboxylic acids is 1. The Labute approximate surface area is 134 Å². The van der Waals surface area contributed by atoms with Crippen LogP contribution in [0.1, 0.15) is 31.5 Å². The van der Waals surface area contributed by atoms with Crippen LogP contribution in [-0.4, -0.2) is 39.0 Å². The molecule has 7 heteroatoms. The molecule has 1 aromatic heterocycles. The van der Waals surface area contributed by atoms with Crippen molar-refractivity contribution in [1.29, 1.82) is 0 Å². The van der Waals surface area contributed by atoms with Crippen molar-refractivity contribution < 1.29 is 9.90 Å². The number of amides is 1. The maximum absolute atomic E-state index is 12.5. The van der Waals surface area contributed by atoms with Crippen molar-refractivity contribution in [2.75, 3.05) is 12.4 Å². The molecule has 2 N–H and O–H groups in total. The van der Waals surface area contributed by atoms with E-state index in [1.165, 1.54) is 11.8 Å². The third-order valence-electron chi connectivity index (χ3n) is 4.03. The van der Waals surface area contributed by atoms with Gasteiger partial charge >= 0.3 is 0 Å². The summed E-state index contributed by atoms with van der Waals surface area (Å²) in [6.07, 6.45) is 1.32. The van der Waals surface area contributed by atoms with E-state index >= 15 is 0 Å². The van der Waals surface area contributed by atoms with E-state index in [0.29, 0.717) is 35.9 Å². The zero-order valence-electron chi connectivity index (χ0n) is 13.3. The summed E-state index contributed by atoms with van der Waals surface area (Å²) < 4.78 is 1.62. The molecule has 1 aliphatic heterocycles. The number of nitrogens with one attached hydrogen (secondary N) is 1. The lowest BCUT2D eigenvalue weighted by Gasteiger charge is -2.26. The highest BCUT2D eigenvalue weighted by molar-refractivity contribution is 7.99. The van der Waals surface area contributed by atoms with Crippen molar-refractivity contribution in [3.8, 4) is 0 Å². The summed E-state index contributed by atoms with van der Waals surface area (Å²) in [5, 5.41) is 12.7. The van der Waals surface area contributed by atoms with Gasteiger partial charge in [0.2, 0.25) is 5.91 Å². The van der Waals surface area contributed by atoms with Crippen molar-refractivity contribution in [1.82, 2.24) is 14.9 Å². The normalized spacial score (nSPS) is 18.6. The molecule has 0 saturated carbocycles. The molecular formula is C15H23N3O3S. The Balaban J connectivity index is 2.21. The first-order chi connectivity index (χ1) is 10.5. The maximum Gasteiger partial charge on any atom is 0.257 e. The summed E-state index contributed by atoms with van der Waals surface area (Å²) in [6, 6.07) is -0.224. The Morgan fingerprint density at radius 3 is 2.86 bits per heavy atom. The topological polar surface area (TPSA) is 84.2 Å². The fourth-order valence-electron chi connectivity index (χ4n) is 2.56. The Morgan fingerprint density at radius 1 is 1.55 bits per heavy atom. The number of aliphatic hydroxyl groups is 1. The molecule has 1 aliphatic rings. The van der Waals surface area contributed by atoms with E-state index in [1.54, 1.807) is 4.57 Å². The van der Waals surface area contributed by atoms with E-state index in [2.05, 4.69) is 10.3 Å². The van der Waals surface area contributed by atoms with Crippen LogP contribution in [0.2, 0.25) is 0 Å². The monoisotopic (exact) mass is 325 g/mol. The minimum atomic E-state index is -0.273. The first-order valence-corrected chi connectivity index (χ1v) is 8.64. The molecule has 122 valence electrons. The predicted molar refractivity (Wildman–Crippen MR) is 86.1 cm³/mol. The fourth-order valence-corrected chi connectivity index (χ4v) is 3.68. The summed E-state index contributed by atoms with van der Waals surface area (Å²) in [6.45, 7) is 5.99. The van der Waals surface area contributed by atoms with Gasteiger partial charge in [0, 0.05) is 23.6 Å². The second-order valence-corrected chi connectivity index (χ2v) is 6.52. The molecule has 22 heavy (non-hydrogen) atoms. The number of rotatable bonds is 5. The van der Waals surface area contributed by atoms with Gasteiger partial charge in [0.05, 0.1) is 18.6 Å². The van der Waals surface area contributed by atoms with E-state index in [9.17, 15) is 14.7 Å². The number of aliphatic hydroxyl groups excluding tert-OH is 1. The molecule has 2 atom stereocenters. The van der Waals surface area contributed by atoms with E-state index in [4.69, 9.17) is 0 Å². The molecule has 0 aromatic carbocycles. The molecule has 2 heterocycles. The minimum absolute atomic E-state index is 0.0378. The molecule has 2 rings (SSSR count). The number of fused-ring (bicyclic) bond motifs is 1. The second-order valence-electron chi connectivity index (χ2n) is 5.53. The highest BCUT2D eigenvalue weighted by atomic mass is 32.2. The van der Waals surface area contributed by atoms with Gasteiger partial charge in [-0.15, -0.1) is 0 Å². The molecular weight excluding hydrogens is 302 g/mol. The molecule has 0 fully saturated rings. The summed E-state index contributed by atoms with van der Waals surface area (Å²) in [4.78, 5) is 29.3. The molecule has 0 radical (unpaired) electrons. The van der Waals surface area contributed by atoms with E-state index in [0.717, 1.165) is 5.69 Å². The number of aryl methyl sites for hydroxylation is 1. The fraction of sp³-hybridized carbons (Fsp3) is 0.667. The van der Waals surface area contributed by atoms with Gasteiger partial charge in [0.1, 0.15) is 0 Å². The largest absolute Gasteiger partial charge is 0.394 e. The average Bonchev–Trinajstić information content (AvgIpc) is 2.52. The molecule has 0 aliphatic carbocycles. The maximum atomic E-state index is 12.5. The summed E-state index contributed by atoms with van der Waals surface area (Å²) in [7, 11) is 0. The van der Waals surface area contributed by atoms with Gasteiger partial charge in [-0.05, 0) is 19.8 Å². The van der Waals surface area contributed by atoms with Gasteiger partial charge in [0.15, 0.2) is 5.16 Å². The highest BCUT2D eigenvalue weighted by Gasteiger charge is 2.28. The van der Waals surface area contributed by atoms with Crippen LogP contribution in [-0.2, 0) is 17.8 Å². The Hall–Kier alpha value is -1.34. The molecule has 0 spiro atoms. The number of hydrogen-bond donors (Lipinski definition) is 2. The van der Waals surface area contributed by atoms with Gasteiger partial charge < -0.3 is 10.4 Å². The Kier molecular flexibility index (Phi) is 5.63. The van der Waals surface area contributed by atoms with Crippen LogP contribution in [0.3, 0.4) is 0 Å². The quantitative estimate of drug-likeness (QED) is 0.780. The predicted octanol–water partition coefficient (Wildman–Crippen LogP) is 0.723. The highest BCUT2D eigenvalue weighted by Crippen LogP contribution is 2.26. The van der Waals surface area contributed by atoms with Crippen LogP contribution in [0.15, 0.2) is 9.95 Å². The van der Waals surface area contributed by atoms with Crippen LogP contribution in [0.5, 0.6) is 0 Å². The first kappa shape index (κ1) is 17.0. The number of nitrogens with zero attached hydrogens (tertiary/aromatic N) is 2. The van der Waals surface area contributed by atoms with Crippen molar-refractivity contribution >= 4 is 17.7 Å². The van der Waals surface area contributed by atoms with Gasteiger partial charge in [-0.1, -0.05) is 25.6 Å². The lowest BCUT2D eigenvalue weighted by Crippen LogP contribution is -2.45.